The molecule has 0 amide bonds. The van der Waals surface area contributed by atoms with E-state index in [1.165, 1.54) is 12.1 Å². The second-order valence-corrected chi connectivity index (χ2v) is 5.11. The molecular weight excluding hydrogens is 304 g/mol. The van der Waals surface area contributed by atoms with E-state index in [2.05, 4.69) is 5.32 Å². The van der Waals surface area contributed by atoms with E-state index in [0.29, 0.717) is 25.3 Å². The van der Waals surface area contributed by atoms with Gasteiger partial charge in [-0.05, 0) is 31.9 Å². The Morgan fingerprint density at radius 3 is 2.50 bits per heavy atom. The Morgan fingerprint density at radius 1 is 1.25 bits per heavy atom. The fourth-order valence-electron chi connectivity index (χ4n) is 1.69. The largest absolute Gasteiger partial charge is 0.466 e. The predicted octanol–water partition coefficient (Wildman–Crippen LogP) is 4.67. The lowest BCUT2D eigenvalue weighted by atomic mass is 10.2. The molecule has 1 rings (SSSR count). The molecule has 0 fully saturated rings. The highest BCUT2D eigenvalue weighted by Gasteiger charge is 2.07. The van der Waals surface area contributed by atoms with Crippen LogP contribution in [0.5, 0.6) is 0 Å². The number of carbonyl (C=O) groups excluding carboxylic acids is 1. The van der Waals surface area contributed by atoms with E-state index in [0.717, 1.165) is 19.3 Å². The summed E-state index contributed by atoms with van der Waals surface area (Å²) in [5.41, 5.74) is 0.687. The molecule has 0 aromatic heterocycles. The summed E-state index contributed by atoms with van der Waals surface area (Å²) in [6.45, 7) is 2.92. The minimum atomic E-state index is -0.603. The molecule has 1 N–H and O–H groups in total. The summed E-state index contributed by atoms with van der Waals surface area (Å²) in [4.78, 5) is 11.1. The second kappa shape index (κ2) is 9.03. The summed E-state index contributed by atoms with van der Waals surface area (Å²) in [6.07, 6.45) is 3.05. The van der Waals surface area contributed by atoms with Gasteiger partial charge in [-0.1, -0.05) is 29.6 Å². The van der Waals surface area contributed by atoms with Gasteiger partial charge in [0.05, 0.1) is 16.7 Å². The predicted molar refractivity (Wildman–Crippen MR) is 80.0 cm³/mol. The maximum atomic E-state index is 13.2. The number of rotatable bonds is 8. The van der Waals surface area contributed by atoms with Crippen molar-refractivity contribution in [2.24, 2.45) is 0 Å². The van der Waals surface area contributed by atoms with Crippen molar-refractivity contribution in [2.75, 3.05) is 18.5 Å². The summed E-state index contributed by atoms with van der Waals surface area (Å²) < 4.78 is 18.0. The molecule has 0 bridgehead atoms. The van der Waals surface area contributed by atoms with Gasteiger partial charge in [-0.15, -0.1) is 0 Å². The van der Waals surface area contributed by atoms with Crippen LogP contribution >= 0.6 is 23.2 Å². The summed E-state index contributed by atoms with van der Waals surface area (Å²) in [7, 11) is 0. The number of carbonyl (C=O) groups is 1. The van der Waals surface area contributed by atoms with Crippen LogP contribution in [0.25, 0.3) is 0 Å². The van der Waals surface area contributed by atoms with Crippen LogP contribution in [-0.2, 0) is 9.53 Å². The maximum Gasteiger partial charge on any atom is 0.305 e. The molecule has 3 nitrogen and oxygen atoms in total. The molecule has 0 unspecified atom stereocenters. The van der Waals surface area contributed by atoms with E-state index in [1.807, 2.05) is 0 Å². The van der Waals surface area contributed by atoms with E-state index < -0.39 is 5.82 Å². The quantitative estimate of drug-likeness (QED) is 0.429. The number of benzene rings is 1. The molecule has 0 aliphatic rings. The second-order valence-electron chi connectivity index (χ2n) is 4.30. The number of halogens is 3. The first-order valence-electron chi connectivity index (χ1n) is 6.58. The molecule has 0 spiro atoms. The van der Waals surface area contributed by atoms with Crippen molar-refractivity contribution < 1.29 is 13.9 Å². The van der Waals surface area contributed by atoms with Crippen molar-refractivity contribution in [3.05, 3.63) is 28.0 Å². The molecular formula is C14H18Cl2FNO2. The van der Waals surface area contributed by atoms with Gasteiger partial charge in [0.15, 0.2) is 5.82 Å². The number of unbranched alkanes of at least 4 members (excludes halogenated alkanes) is 2. The van der Waals surface area contributed by atoms with Gasteiger partial charge in [0.1, 0.15) is 0 Å². The highest BCUT2D eigenvalue weighted by Crippen LogP contribution is 2.27. The normalized spacial score (nSPS) is 10.4. The minimum absolute atomic E-state index is 0.00214. The Kier molecular flexibility index (Phi) is 7.70. The van der Waals surface area contributed by atoms with E-state index in [-0.39, 0.29) is 16.0 Å². The minimum Gasteiger partial charge on any atom is -0.466 e. The first-order valence-corrected chi connectivity index (χ1v) is 7.34. The third kappa shape index (κ3) is 5.97. The molecule has 0 atom stereocenters. The summed E-state index contributed by atoms with van der Waals surface area (Å²) in [5, 5.41) is 3.12. The van der Waals surface area contributed by atoms with Crippen molar-refractivity contribution in [2.45, 2.75) is 32.6 Å². The lowest BCUT2D eigenvalue weighted by Gasteiger charge is -2.08. The van der Waals surface area contributed by atoms with E-state index in [4.69, 9.17) is 27.9 Å². The summed E-state index contributed by atoms with van der Waals surface area (Å²) >= 11 is 11.4. The highest BCUT2D eigenvalue weighted by atomic mass is 35.5. The van der Waals surface area contributed by atoms with Crippen LogP contribution in [0.15, 0.2) is 12.1 Å². The average Bonchev–Trinajstić information content (AvgIpc) is 2.40. The molecule has 0 aliphatic heterocycles. The zero-order chi connectivity index (χ0) is 15.0. The Bertz CT molecular complexity index is 432. The molecule has 0 aliphatic carbocycles. The van der Waals surface area contributed by atoms with Gasteiger partial charge in [-0.25, -0.2) is 4.39 Å². The molecule has 0 radical (unpaired) electrons. The number of anilines is 1. The molecule has 6 heteroatoms. The van der Waals surface area contributed by atoms with Crippen LogP contribution in [0, 0.1) is 5.82 Å². The molecule has 112 valence electrons. The van der Waals surface area contributed by atoms with Crippen LogP contribution in [0.4, 0.5) is 10.1 Å². The summed E-state index contributed by atoms with van der Waals surface area (Å²) in [6, 6.07) is 3.00. The topological polar surface area (TPSA) is 38.3 Å². The van der Waals surface area contributed by atoms with Gasteiger partial charge in [-0.3, -0.25) is 4.79 Å². The van der Waals surface area contributed by atoms with Gasteiger partial charge < -0.3 is 10.1 Å². The molecule has 20 heavy (non-hydrogen) atoms. The van der Waals surface area contributed by atoms with Crippen LogP contribution in [0.2, 0.25) is 10.0 Å². The van der Waals surface area contributed by atoms with Crippen LogP contribution in [0.3, 0.4) is 0 Å². The standard InChI is InChI=1S/C14H18Cl2FNO2/c1-2-20-13(19)6-4-3-5-7-18-10-8-11(15)14(17)12(16)9-10/h8-9,18H,2-7H2,1H3. The Balaban J connectivity index is 2.20. The Labute approximate surface area is 128 Å². The van der Waals surface area contributed by atoms with Crippen LogP contribution in [0.1, 0.15) is 32.6 Å². The maximum absolute atomic E-state index is 13.2. The fourth-order valence-corrected chi connectivity index (χ4v) is 2.18. The monoisotopic (exact) mass is 321 g/mol. The van der Waals surface area contributed by atoms with Crippen molar-refractivity contribution in [1.29, 1.82) is 0 Å². The van der Waals surface area contributed by atoms with Gasteiger partial charge in [0.25, 0.3) is 0 Å². The Morgan fingerprint density at radius 2 is 1.90 bits per heavy atom. The number of hydrogen-bond acceptors (Lipinski definition) is 3. The first-order chi connectivity index (χ1) is 9.54. The zero-order valence-electron chi connectivity index (χ0n) is 11.3. The van der Waals surface area contributed by atoms with Crippen molar-refractivity contribution in [3.63, 3.8) is 0 Å². The van der Waals surface area contributed by atoms with Crippen LogP contribution < -0.4 is 5.32 Å². The average molecular weight is 322 g/mol. The van der Waals surface area contributed by atoms with Gasteiger partial charge in [0, 0.05) is 18.7 Å². The fraction of sp³-hybridized carbons (Fsp3) is 0.500. The smallest absolute Gasteiger partial charge is 0.305 e. The first kappa shape index (κ1) is 17.1. The lowest BCUT2D eigenvalue weighted by molar-refractivity contribution is -0.143. The molecule has 1 aromatic carbocycles. The third-order valence-corrected chi connectivity index (χ3v) is 3.23. The summed E-state index contributed by atoms with van der Waals surface area (Å²) in [5.74, 6) is -0.758. The number of ether oxygens (including phenoxy) is 1. The van der Waals surface area contributed by atoms with Crippen LogP contribution in [-0.4, -0.2) is 19.1 Å². The molecule has 0 saturated carbocycles. The highest BCUT2D eigenvalue weighted by molar-refractivity contribution is 6.35. The molecule has 1 aromatic rings. The number of hydrogen-bond donors (Lipinski definition) is 1. The van der Waals surface area contributed by atoms with Gasteiger partial charge in [-0.2, -0.15) is 0 Å². The van der Waals surface area contributed by atoms with Crippen molar-refractivity contribution in [3.8, 4) is 0 Å². The number of esters is 1. The van der Waals surface area contributed by atoms with Gasteiger partial charge >= 0.3 is 5.97 Å². The van der Waals surface area contributed by atoms with E-state index >= 15 is 0 Å². The SMILES string of the molecule is CCOC(=O)CCCCCNc1cc(Cl)c(F)c(Cl)c1. The lowest BCUT2D eigenvalue weighted by Crippen LogP contribution is -2.05. The zero-order valence-corrected chi connectivity index (χ0v) is 12.9. The van der Waals surface area contributed by atoms with E-state index in [9.17, 15) is 9.18 Å². The van der Waals surface area contributed by atoms with E-state index in [1.54, 1.807) is 6.92 Å². The van der Waals surface area contributed by atoms with Crippen molar-refractivity contribution >= 4 is 34.9 Å². The molecule has 0 heterocycles. The van der Waals surface area contributed by atoms with Crippen molar-refractivity contribution in [1.82, 2.24) is 0 Å². The third-order valence-electron chi connectivity index (χ3n) is 2.68. The molecule has 0 saturated heterocycles. The number of nitrogens with one attached hydrogen (secondary N) is 1. The Hall–Kier alpha value is -1.00. The van der Waals surface area contributed by atoms with Gasteiger partial charge in [0.2, 0.25) is 0 Å².